The van der Waals surface area contributed by atoms with Crippen LogP contribution in [0.15, 0.2) is 18.2 Å². The van der Waals surface area contributed by atoms with Gasteiger partial charge in [-0.25, -0.2) is 8.78 Å². The maximum absolute atomic E-state index is 12.9. The Labute approximate surface area is 94.3 Å². The van der Waals surface area contributed by atoms with Crippen LogP contribution < -0.4 is 0 Å². The first-order valence-electron chi connectivity index (χ1n) is 5.12. The molecule has 84 valence electrons. The molecule has 0 spiro atoms. The number of alkyl halides is 1. The van der Waals surface area contributed by atoms with Crippen LogP contribution >= 0.6 is 11.6 Å². The third-order valence-corrected chi connectivity index (χ3v) is 3.01. The van der Waals surface area contributed by atoms with Gasteiger partial charge in [0, 0.05) is 5.38 Å². The molecule has 3 heteroatoms. The first-order chi connectivity index (χ1) is 7.04. The van der Waals surface area contributed by atoms with Gasteiger partial charge in [0.25, 0.3) is 0 Å². The molecule has 1 aromatic rings. The van der Waals surface area contributed by atoms with E-state index in [0.717, 1.165) is 18.1 Å². The molecule has 0 heterocycles. The molecule has 0 saturated heterocycles. The van der Waals surface area contributed by atoms with Crippen LogP contribution in [0.4, 0.5) is 8.78 Å². The number of halogens is 3. The minimum atomic E-state index is -0.800. The lowest BCUT2D eigenvalue weighted by atomic mass is 9.94. The molecule has 0 bridgehead atoms. The van der Waals surface area contributed by atoms with Crippen LogP contribution in [0.5, 0.6) is 0 Å². The quantitative estimate of drug-likeness (QED) is 0.684. The molecule has 2 unspecified atom stereocenters. The molecule has 15 heavy (non-hydrogen) atoms. The fourth-order valence-corrected chi connectivity index (χ4v) is 1.87. The van der Waals surface area contributed by atoms with Crippen LogP contribution in [0.2, 0.25) is 0 Å². The molecule has 0 nitrogen and oxygen atoms in total. The number of rotatable bonds is 4. The maximum Gasteiger partial charge on any atom is 0.159 e. The van der Waals surface area contributed by atoms with Gasteiger partial charge in [-0.2, -0.15) is 0 Å². The largest absolute Gasteiger partial charge is 0.204 e. The maximum atomic E-state index is 12.9. The van der Waals surface area contributed by atoms with Crippen molar-refractivity contribution < 1.29 is 8.78 Å². The molecule has 0 aromatic heterocycles. The number of benzene rings is 1. The Morgan fingerprint density at radius 3 is 2.40 bits per heavy atom. The molecule has 0 saturated carbocycles. The van der Waals surface area contributed by atoms with E-state index >= 15 is 0 Å². The summed E-state index contributed by atoms with van der Waals surface area (Å²) < 4.78 is 25.6. The summed E-state index contributed by atoms with van der Waals surface area (Å²) in [5.41, 5.74) is 0.799. The van der Waals surface area contributed by atoms with E-state index < -0.39 is 11.6 Å². The Morgan fingerprint density at radius 2 is 1.93 bits per heavy atom. The van der Waals surface area contributed by atoms with Gasteiger partial charge in [-0.15, -0.1) is 11.6 Å². The molecular formula is C12H15ClF2. The van der Waals surface area contributed by atoms with Gasteiger partial charge in [0.1, 0.15) is 0 Å². The summed E-state index contributed by atoms with van der Waals surface area (Å²) in [6.07, 6.45) is 1.63. The molecule has 0 aliphatic carbocycles. The molecule has 1 rings (SSSR count). The van der Waals surface area contributed by atoms with Crippen molar-refractivity contribution in [3.8, 4) is 0 Å². The Kier molecular flexibility index (Phi) is 4.52. The summed E-state index contributed by atoms with van der Waals surface area (Å²) >= 11 is 6.00. The lowest BCUT2D eigenvalue weighted by molar-refractivity contribution is 0.485. The summed E-state index contributed by atoms with van der Waals surface area (Å²) in [7, 11) is 0. The summed E-state index contributed by atoms with van der Waals surface area (Å²) in [5, 5.41) is 0.0446. The average molecular weight is 233 g/mol. The van der Waals surface area contributed by atoms with Crippen molar-refractivity contribution in [2.45, 2.75) is 32.1 Å². The molecule has 0 fully saturated rings. The molecule has 0 aliphatic rings. The van der Waals surface area contributed by atoms with Gasteiger partial charge in [-0.3, -0.25) is 0 Å². The minimum absolute atomic E-state index is 0.0446. The summed E-state index contributed by atoms with van der Waals surface area (Å²) in [6, 6.07) is 4.02. The molecular weight excluding hydrogens is 218 g/mol. The fraction of sp³-hybridized carbons (Fsp3) is 0.500. The highest BCUT2D eigenvalue weighted by Gasteiger charge is 2.14. The van der Waals surface area contributed by atoms with Crippen LogP contribution in [0, 0.1) is 17.6 Å². The third-order valence-electron chi connectivity index (χ3n) is 2.66. The Morgan fingerprint density at radius 1 is 1.27 bits per heavy atom. The second-order valence-corrected chi connectivity index (χ2v) is 4.49. The molecule has 1 aromatic carbocycles. The second-order valence-electron chi connectivity index (χ2n) is 3.80. The van der Waals surface area contributed by atoms with Gasteiger partial charge in [-0.05, 0) is 37.0 Å². The van der Waals surface area contributed by atoms with Crippen LogP contribution in [0.3, 0.4) is 0 Å². The van der Waals surface area contributed by atoms with Gasteiger partial charge in [0.15, 0.2) is 11.6 Å². The van der Waals surface area contributed by atoms with Gasteiger partial charge < -0.3 is 0 Å². The zero-order valence-corrected chi connectivity index (χ0v) is 9.69. The van der Waals surface area contributed by atoms with E-state index in [1.165, 1.54) is 6.07 Å². The molecule has 0 N–H and O–H groups in total. The van der Waals surface area contributed by atoms with Crippen LogP contribution in [-0.2, 0) is 6.42 Å². The Bertz CT molecular complexity index is 323. The molecule has 0 amide bonds. The summed E-state index contributed by atoms with van der Waals surface area (Å²) in [4.78, 5) is 0. The van der Waals surface area contributed by atoms with Gasteiger partial charge in [0.2, 0.25) is 0 Å². The topological polar surface area (TPSA) is 0 Å². The van der Waals surface area contributed by atoms with Crippen LogP contribution in [0.1, 0.15) is 25.8 Å². The number of hydrogen-bond acceptors (Lipinski definition) is 0. The standard InChI is InChI=1S/C12H15ClF2/c1-3-10(8(2)13)6-9-4-5-11(14)12(15)7-9/h4-5,7-8,10H,3,6H2,1-2H3. The minimum Gasteiger partial charge on any atom is -0.204 e. The molecule has 2 atom stereocenters. The lowest BCUT2D eigenvalue weighted by Gasteiger charge is -2.17. The predicted octanol–water partition coefficient (Wildman–Crippen LogP) is 4.16. The smallest absolute Gasteiger partial charge is 0.159 e. The zero-order chi connectivity index (χ0) is 11.4. The van der Waals surface area contributed by atoms with Crippen molar-refractivity contribution in [3.05, 3.63) is 35.4 Å². The van der Waals surface area contributed by atoms with E-state index in [2.05, 4.69) is 0 Å². The van der Waals surface area contributed by atoms with Crippen LogP contribution in [0.25, 0.3) is 0 Å². The molecule has 0 aliphatic heterocycles. The van der Waals surface area contributed by atoms with Crippen molar-refractivity contribution in [2.75, 3.05) is 0 Å². The first-order valence-corrected chi connectivity index (χ1v) is 5.56. The fourth-order valence-electron chi connectivity index (χ4n) is 1.60. The van der Waals surface area contributed by atoms with E-state index in [9.17, 15) is 8.78 Å². The Hall–Kier alpha value is -0.630. The predicted molar refractivity (Wildman–Crippen MR) is 59.2 cm³/mol. The van der Waals surface area contributed by atoms with Gasteiger partial charge in [-0.1, -0.05) is 19.4 Å². The highest BCUT2D eigenvalue weighted by atomic mass is 35.5. The monoisotopic (exact) mass is 232 g/mol. The summed E-state index contributed by atoms with van der Waals surface area (Å²) in [6.45, 7) is 3.97. The van der Waals surface area contributed by atoms with Crippen molar-refractivity contribution in [3.63, 3.8) is 0 Å². The molecule has 0 radical (unpaired) electrons. The SMILES string of the molecule is CCC(Cc1ccc(F)c(F)c1)C(C)Cl. The van der Waals surface area contributed by atoms with Crippen molar-refractivity contribution in [2.24, 2.45) is 5.92 Å². The highest BCUT2D eigenvalue weighted by Crippen LogP contribution is 2.20. The lowest BCUT2D eigenvalue weighted by Crippen LogP contribution is -2.13. The van der Waals surface area contributed by atoms with Crippen LogP contribution in [-0.4, -0.2) is 5.38 Å². The number of hydrogen-bond donors (Lipinski definition) is 0. The van der Waals surface area contributed by atoms with E-state index in [4.69, 9.17) is 11.6 Å². The van der Waals surface area contributed by atoms with Gasteiger partial charge >= 0.3 is 0 Å². The zero-order valence-electron chi connectivity index (χ0n) is 8.93. The third kappa shape index (κ3) is 3.45. The van der Waals surface area contributed by atoms with Crippen molar-refractivity contribution in [1.29, 1.82) is 0 Å². The van der Waals surface area contributed by atoms with E-state index in [1.54, 1.807) is 6.07 Å². The van der Waals surface area contributed by atoms with E-state index in [-0.39, 0.29) is 5.38 Å². The van der Waals surface area contributed by atoms with E-state index in [1.807, 2.05) is 13.8 Å². The average Bonchev–Trinajstić information content (AvgIpc) is 2.19. The van der Waals surface area contributed by atoms with E-state index in [0.29, 0.717) is 12.3 Å². The van der Waals surface area contributed by atoms with Crippen molar-refractivity contribution >= 4 is 11.6 Å². The highest BCUT2D eigenvalue weighted by molar-refractivity contribution is 6.20. The normalized spacial score (nSPS) is 15.0. The Balaban J connectivity index is 2.75. The first kappa shape index (κ1) is 12.4. The summed E-state index contributed by atoms with van der Waals surface area (Å²) in [5.74, 6) is -1.29. The van der Waals surface area contributed by atoms with Crippen molar-refractivity contribution in [1.82, 2.24) is 0 Å². The second kappa shape index (κ2) is 5.45. The van der Waals surface area contributed by atoms with Gasteiger partial charge in [0.05, 0.1) is 0 Å².